The van der Waals surface area contributed by atoms with Crippen molar-refractivity contribution in [2.24, 2.45) is 5.73 Å². The SMILES string of the molecule is C=C(N)C(c1ccccc1)C1NCc2ccccc21. The Morgan fingerprint density at radius 1 is 1.11 bits per heavy atom. The Kier molecular flexibility index (Phi) is 3.10. The quantitative estimate of drug-likeness (QED) is 0.878. The van der Waals surface area contributed by atoms with Crippen molar-refractivity contribution in [2.45, 2.75) is 18.5 Å². The molecule has 1 heterocycles. The zero-order valence-electron chi connectivity index (χ0n) is 10.8. The molecule has 0 fully saturated rings. The van der Waals surface area contributed by atoms with Crippen LogP contribution in [-0.2, 0) is 6.54 Å². The fraction of sp³-hybridized carbons (Fsp3) is 0.176. The highest BCUT2D eigenvalue weighted by Gasteiger charge is 2.31. The highest BCUT2D eigenvalue weighted by molar-refractivity contribution is 5.40. The normalized spacial score (nSPS) is 18.8. The molecule has 96 valence electrons. The van der Waals surface area contributed by atoms with Crippen molar-refractivity contribution >= 4 is 0 Å². The molecule has 0 saturated heterocycles. The number of fused-ring (bicyclic) bond motifs is 1. The lowest BCUT2D eigenvalue weighted by Gasteiger charge is -2.25. The van der Waals surface area contributed by atoms with Crippen molar-refractivity contribution in [3.63, 3.8) is 0 Å². The minimum absolute atomic E-state index is 0.116. The van der Waals surface area contributed by atoms with Gasteiger partial charge in [-0.15, -0.1) is 0 Å². The number of benzene rings is 2. The predicted molar refractivity (Wildman–Crippen MR) is 78.5 cm³/mol. The van der Waals surface area contributed by atoms with Gasteiger partial charge in [0.1, 0.15) is 0 Å². The molecule has 3 rings (SSSR count). The molecule has 1 aliphatic heterocycles. The number of hydrogen-bond donors (Lipinski definition) is 2. The molecule has 1 aliphatic rings. The van der Waals surface area contributed by atoms with Crippen LogP contribution in [0.5, 0.6) is 0 Å². The molecule has 0 spiro atoms. The standard InChI is InChI=1S/C17H18N2/c1-12(18)16(13-7-3-2-4-8-13)17-15-10-6-5-9-14(15)11-19-17/h2-10,16-17,19H,1,11,18H2. The summed E-state index contributed by atoms with van der Waals surface area (Å²) in [7, 11) is 0. The third kappa shape index (κ3) is 2.15. The van der Waals surface area contributed by atoms with Crippen molar-refractivity contribution in [2.75, 3.05) is 0 Å². The fourth-order valence-corrected chi connectivity index (χ4v) is 2.91. The molecule has 2 aromatic carbocycles. The largest absolute Gasteiger partial charge is 0.402 e. The summed E-state index contributed by atoms with van der Waals surface area (Å²) in [5.41, 5.74) is 10.7. The summed E-state index contributed by atoms with van der Waals surface area (Å²) in [4.78, 5) is 0. The molecule has 19 heavy (non-hydrogen) atoms. The first kappa shape index (κ1) is 12.0. The average molecular weight is 250 g/mol. The number of hydrogen-bond acceptors (Lipinski definition) is 2. The highest BCUT2D eigenvalue weighted by atomic mass is 15.0. The van der Waals surface area contributed by atoms with Crippen LogP contribution in [0.1, 0.15) is 28.7 Å². The molecular formula is C17H18N2. The Morgan fingerprint density at radius 3 is 2.53 bits per heavy atom. The molecule has 2 atom stereocenters. The molecule has 0 amide bonds. The van der Waals surface area contributed by atoms with Gasteiger partial charge in [0, 0.05) is 24.2 Å². The summed E-state index contributed by atoms with van der Waals surface area (Å²) >= 11 is 0. The van der Waals surface area contributed by atoms with E-state index in [0.29, 0.717) is 5.70 Å². The van der Waals surface area contributed by atoms with Gasteiger partial charge in [-0.2, -0.15) is 0 Å². The van der Waals surface area contributed by atoms with E-state index >= 15 is 0 Å². The Balaban J connectivity index is 2.02. The summed E-state index contributed by atoms with van der Waals surface area (Å²) in [6.07, 6.45) is 0. The molecular weight excluding hydrogens is 232 g/mol. The zero-order valence-corrected chi connectivity index (χ0v) is 10.8. The van der Waals surface area contributed by atoms with Crippen molar-refractivity contribution in [1.82, 2.24) is 5.32 Å². The maximum atomic E-state index is 6.07. The van der Waals surface area contributed by atoms with Crippen LogP contribution in [0.2, 0.25) is 0 Å². The average Bonchev–Trinajstić information content (AvgIpc) is 2.84. The van der Waals surface area contributed by atoms with Crippen LogP contribution in [0.25, 0.3) is 0 Å². The lowest BCUT2D eigenvalue weighted by molar-refractivity contribution is 0.517. The number of rotatable bonds is 3. The maximum absolute atomic E-state index is 6.07. The second-order valence-electron chi connectivity index (χ2n) is 5.02. The van der Waals surface area contributed by atoms with Gasteiger partial charge in [-0.25, -0.2) is 0 Å². The van der Waals surface area contributed by atoms with Gasteiger partial charge in [-0.1, -0.05) is 61.2 Å². The topological polar surface area (TPSA) is 38.0 Å². The monoisotopic (exact) mass is 250 g/mol. The smallest absolute Gasteiger partial charge is 0.0450 e. The van der Waals surface area contributed by atoms with Gasteiger partial charge in [0.05, 0.1) is 0 Å². The van der Waals surface area contributed by atoms with Crippen LogP contribution in [-0.4, -0.2) is 0 Å². The Bertz CT molecular complexity index is 589. The third-order valence-electron chi connectivity index (χ3n) is 3.79. The van der Waals surface area contributed by atoms with E-state index in [4.69, 9.17) is 5.73 Å². The molecule has 3 N–H and O–H groups in total. The maximum Gasteiger partial charge on any atom is 0.0450 e. The minimum Gasteiger partial charge on any atom is -0.402 e. The first-order valence-corrected chi connectivity index (χ1v) is 6.58. The second kappa shape index (κ2) is 4.90. The van der Waals surface area contributed by atoms with E-state index in [0.717, 1.165) is 6.54 Å². The molecule has 2 heteroatoms. The van der Waals surface area contributed by atoms with Gasteiger partial charge in [-0.3, -0.25) is 0 Å². The molecule has 2 unspecified atom stereocenters. The van der Waals surface area contributed by atoms with E-state index in [1.54, 1.807) is 0 Å². The Labute approximate surface area is 114 Å². The Morgan fingerprint density at radius 2 is 1.79 bits per heavy atom. The molecule has 0 aliphatic carbocycles. The number of nitrogens with two attached hydrogens (primary N) is 1. The van der Waals surface area contributed by atoms with Gasteiger partial charge in [0.15, 0.2) is 0 Å². The number of nitrogens with one attached hydrogen (secondary N) is 1. The van der Waals surface area contributed by atoms with E-state index in [1.807, 2.05) is 18.2 Å². The molecule has 2 aromatic rings. The van der Waals surface area contributed by atoms with Gasteiger partial charge in [0.2, 0.25) is 0 Å². The van der Waals surface area contributed by atoms with Gasteiger partial charge < -0.3 is 11.1 Å². The van der Waals surface area contributed by atoms with Crippen LogP contribution in [0.15, 0.2) is 66.9 Å². The van der Waals surface area contributed by atoms with E-state index in [9.17, 15) is 0 Å². The van der Waals surface area contributed by atoms with Gasteiger partial charge in [-0.05, 0) is 16.7 Å². The Hall–Kier alpha value is -2.06. The summed E-state index contributed by atoms with van der Waals surface area (Å²) in [5.74, 6) is 0.116. The van der Waals surface area contributed by atoms with Gasteiger partial charge in [0.25, 0.3) is 0 Å². The second-order valence-corrected chi connectivity index (χ2v) is 5.02. The summed E-state index contributed by atoms with van der Waals surface area (Å²) in [6, 6.07) is 19.1. The van der Waals surface area contributed by atoms with Crippen molar-refractivity contribution in [3.05, 3.63) is 83.6 Å². The highest BCUT2D eigenvalue weighted by Crippen LogP contribution is 2.39. The van der Waals surface area contributed by atoms with Crippen LogP contribution in [0.3, 0.4) is 0 Å². The van der Waals surface area contributed by atoms with E-state index in [-0.39, 0.29) is 12.0 Å². The van der Waals surface area contributed by atoms with Crippen LogP contribution >= 0.6 is 0 Å². The lowest BCUT2D eigenvalue weighted by Crippen LogP contribution is -2.24. The molecule has 2 nitrogen and oxygen atoms in total. The van der Waals surface area contributed by atoms with E-state index in [2.05, 4.69) is 48.3 Å². The van der Waals surface area contributed by atoms with Gasteiger partial charge >= 0.3 is 0 Å². The first-order chi connectivity index (χ1) is 9.27. The van der Waals surface area contributed by atoms with Crippen LogP contribution < -0.4 is 11.1 Å². The minimum atomic E-state index is 0.116. The van der Waals surface area contributed by atoms with E-state index in [1.165, 1.54) is 16.7 Å². The van der Waals surface area contributed by atoms with Crippen LogP contribution in [0, 0.1) is 0 Å². The molecule has 0 radical (unpaired) electrons. The lowest BCUT2D eigenvalue weighted by atomic mass is 9.85. The van der Waals surface area contributed by atoms with Crippen molar-refractivity contribution in [3.8, 4) is 0 Å². The van der Waals surface area contributed by atoms with Crippen molar-refractivity contribution < 1.29 is 0 Å². The summed E-state index contributed by atoms with van der Waals surface area (Å²) < 4.78 is 0. The third-order valence-corrected chi connectivity index (χ3v) is 3.79. The summed E-state index contributed by atoms with van der Waals surface area (Å²) in [6.45, 7) is 4.89. The van der Waals surface area contributed by atoms with Crippen LogP contribution in [0.4, 0.5) is 0 Å². The van der Waals surface area contributed by atoms with E-state index < -0.39 is 0 Å². The molecule has 0 bridgehead atoms. The molecule has 0 saturated carbocycles. The fourth-order valence-electron chi connectivity index (χ4n) is 2.91. The molecule has 0 aromatic heterocycles. The summed E-state index contributed by atoms with van der Waals surface area (Å²) in [5, 5.41) is 3.56. The first-order valence-electron chi connectivity index (χ1n) is 6.58. The zero-order chi connectivity index (χ0) is 13.2. The van der Waals surface area contributed by atoms with Crippen molar-refractivity contribution in [1.29, 1.82) is 0 Å². The predicted octanol–water partition coefficient (Wildman–Crippen LogP) is 3.09.